The van der Waals surface area contributed by atoms with Crippen LogP contribution in [-0.2, 0) is 10.3 Å². The quantitative estimate of drug-likeness (QED) is 0.841. The Morgan fingerprint density at radius 2 is 2.26 bits per heavy atom. The number of methoxy groups -OCH3 is 1. The van der Waals surface area contributed by atoms with Gasteiger partial charge in [-0.1, -0.05) is 20.8 Å². The number of hydrogen-bond acceptors (Lipinski definition) is 4. The summed E-state index contributed by atoms with van der Waals surface area (Å²) in [5.41, 5.74) is 1.53. The molecule has 1 aromatic rings. The highest BCUT2D eigenvalue weighted by molar-refractivity contribution is 7.09. The van der Waals surface area contributed by atoms with Crippen LogP contribution in [0.5, 0.6) is 0 Å². The fourth-order valence-corrected chi connectivity index (χ4v) is 4.63. The van der Waals surface area contributed by atoms with Crippen molar-refractivity contribution in [1.82, 2.24) is 10.3 Å². The molecule has 0 aromatic carbocycles. The largest absolute Gasteiger partial charge is 0.383 e. The molecule has 19 heavy (non-hydrogen) atoms. The van der Waals surface area contributed by atoms with Crippen molar-refractivity contribution >= 4 is 11.3 Å². The first kappa shape index (κ1) is 14.9. The van der Waals surface area contributed by atoms with Crippen molar-refractivity contribution in [3.05, 3.63) is 16.1 Å². The second kappa shape index (κ2) is 5.51. The van der Waals surface area contributed by atoms with E-state index in [0.717, 1.165) is 25.3 Å². The number of hydrogen-bond donors (Lipinski definition) is 1. The molecule has 4 heteroatoms. The van der Waals surface area contributed by atoms with Gasteiger partial charge in [0.1, 0.15) is 5.01 Å². The molecule has 1 aliphatic rings. The van der Waals surface area contributed by atoms with Crippen LogP contribution in [0.15, 0.2) is 5.38 Å². The monoisotopic (exact) mass is 282 g/mol. The van der Waals surface area contributed by atoms with E-state index < -0.39 is 0 Å². The molecule has 1 heterocycles. The van der Waals surface area contributed by atoms with Crippen molar-refractivity contribution in [1.29, 1.82) is 0 Å². The van der Waals surface area contributed by atoms with Gasteiger partial charge in [0.2, 0.25) is 0 Å². The van der Waals surface area contributed by atoms with Crippen LogP contribution in [0.4, 0.5) is 0 Å². The molecule has 1 aromatic heterocycles. The Morgan fingerprint density at radius 3 is 2.74 bits per heavy atom. The third-order valence-electron chi connectivity index (χ3n) is 4.20. The van der Waals surface area contributed by atoms with E-state index in [1.807, 2.05) is 0 Å². The molecule has 0 bridgehead atoms. The van der Waals surface area contributed by atoms with Crippen molar-refractivity contribution in [2.75, 3.05) is 20.3 Å². The highest BCUT2D eigenvalue weighted by atomic mass is 32.1. The summed E-state index contributed by atoms with van der Waals surface area (Å²) in [5.74, 6) is 0.602. The number of rotatable bonds is 5. The fraction of sp³-hybridized carbons (Fsp3) is 0.800. The van der Waals surface area contributed by atoms with Gasteiger partial charge >= 0.3 is 0 Å². The van der Waals surface area contributed by atoms with E-state index >= 15 is 0 Å². The van der Waals surface area contributed by atoms with Gasteiger partial charge in [-0.15, -0.1) is 11.3 Å². The first-order chi connectivity index (χ1) is 8.89. The maximum Gasteiger partial charge on any atom is 0.113 e. The Morgan fingerprint density at radius 1 is 1.53 bits per heavy atom. The molecule has 0 aliphatic heterocycles. The molecule has 1 saturated carbocycles. The smallest absolute Gasteiger partial charge is 0.113 e. The van der Waals surface area contributed by atoms with E-state index in [1.165, 1.54) is 11.4 Å². The van der Waals surface area contributed by atoms with Crippen molar-refractivity contribution in [3.8, 4) is 0 Å². The molecule has 3 nitrogen and oxygen atoms in total. The summed E-state index contributed by atoms with van der Waals surface area (Å²) in [6.07, 6.45) is 2.39. The van der Waals surface area contributed by atoms with Crippen LogP contribution in [-0.4, -0.2) is 25.2 Å². The van der Waals surface area contributed by atoms with Crippen molar-refractivity contribution < 1.29 is 4.74 Å². The highest BCUT2D eigenvalue weighted by Gasteiger charge is 2.50. The van der Waals surface area contributed by atoms with Crippen molar-refractivity contribution in [2.24, 2.45) is 11.3 Å². The average molecular weight is 282 g/mol. The molecule has 108 valence electrons. The highest BCUT2D eigenvalue weighted by Crippen LogP contribution is 2.53. The fourth-order valence-electron chi connectivity index (χ4n) is 3.54. The van der Waals surface area contributed by atoms with Gasteiger partial charge in [0.25, 0.3) is 0 Å². The van der Waals surface area contributed by atoms with Gasteiger partial charge in [-0.3, -0.25) is 0 Å². The van der Waals surface area contributed by atoms with E-state index in [-0.39, 0.29) is 5.54 Å². The third-order valence-corrected chi connectivity index (χ3v) is 5.34. The maximum absolute atomic E-state index is 5.20. The average Bonchev–Trinajstić information content (AvgIpc) is 2.82. The summed E-state index contributed by atoms with van der Waals surface area (Å²) in [6.45, 7) is 10.8. The minimum Gasteiger partial charge on any atom is -0.383 e. The minimum atomic E-state index is 0.0287. The third kappa shape index (κ3) is 3.01. The molecular formula is C15H26N2OS. The SMILES string of the molecule is COCCNC1(c2nc(C)cs2)CC(C)(C)CC1C. The zero-order chi connectivity index (χ0) is 14.1. The number of aromatic nitrogens is 1. The summed E-state index contributed by atoms with van der Waals surface area (Å²) in [4.78, 5) is 4.77. The normalized spacial score (nSPS) is 29.8. The predicted octanol–water partition coefficient (Wildman–Crippen LogP) is 3.34. The zero-order valence-corrected chi connectivity index (χ0v) is 13.6. The van der Waals surface area contributed by atoms with E-state index in [4.69, 9.17) is 9.72 Å². The molecule has 1 N–H and O–H groups in total. The van der Waals surface area contributed by atoms with E-state index in [0.29, 0.717) is 11.3 Å². The Kier molecular flexibility index (Phi) is 4.33. The molecule has 0 spiro atoms. The molecule has 2 unspecified atom stereocenters. The number of thiazole rings is 1. The summed E-state index contributed by atoms with van der Waals surface area (Å²) < 4.78 is 5.20. The van der Waals surface area contributed by atoms with Crippen LogP contribution < -0.4 is 5.32 Å². The molecule has 0 saturated heterocycles. The van der Waals surface area contributed by atoms with Gasteiger partial charge in [0.05, 0.1) is 12.1 Å². The first-order valence-electron chi connectivity index (χ1n) is 7.06. The number of aryl methyl sites for hydroxylation is 1. The Bertz CT molecular complexity index is 430. The lowest BCUT2D eigenvalue weighted by Gasteiger charge is -2.34. The molecule has 2 atom stereocenters. The van der Waals surface area contributed by atoms with Crippen LogP contribution in [0.2, 0.25) is 0 Å². The van der Waals surface area contributed by atoms with Crippen LogP contribution in [0.3, 0.4) is 0 Å². The van der Waals surface area contributed by atoms with Gasteiger partial charge in [0.15, 0.2) is 0 Å². The van der Waals surface area contributed by atoms with E-state index in [2.05, 4.69) is 38.4 Å². The Balaban J connectivity index is 2.28. The second-order valence-corrected chi connectivity index (χ2v) is 7.49. The summed E-state index contributed by atoms with van der Waals surface area (Å²) in [5, 5.41) is 7.16. The van der Waals surface area contributed by atoms with Crippen LogP contribution >= 0.6 is 11.3 Å². The summed E-state index contributed by atoms with van der Waals surface area (Å²) >= 11 is 1.79. The van der Waals surface area contributed by atoms with E-state index in [1.54, 1.807) is 18.4 Å². The molecule has 1 fully saturated rings. The number of nitrogens with zero attached hydrogens (tertiary/aromatic N) is 1. The van der Waals surface area contributed by atoms with Gasteiger partial charge in [-0.05, 0) is 31.1 Å². The number of nitrogens with one attached hydrogen (secondary N) is 1. The summed E-state index contributed by atoms with van der Waals surface area (Å²) in [6, 6.07) is 0. The lowest BCUT2D eigenvalue weighted by molar-refractivity contribution is 0.169. The minimum absolute atomic E-state index is 0.0287. The van der Waals surface area contributed by atoms with Crippen molar-refractivity contribution in [2.45, 2.75) is 46.1 Å². The molecule has 1 aliphatic carbocycles. The van der Waals surface area contributed by atoms with Gasteiger partial charge in [0, 0.05) is 24.7 Å². The summed E-state index contributed by atoms with van der Waals surface area (Å²) in [7, 11) is 1.75. The standard InChI is InChI=1S/C15H26N2OS/c1-11-8-14(3,4)10-15(11,16-6-7-18-5)13-17-12(2)9-19-13/h9,11,16H,6-8,10H2,1-5H3. The second-order valence-electron chi connectivity index (χ2n) is 6.63. The molecule has 2 rings (SSSR count). The zero-order valence-electron chi connectivity index (χ0n) is 12.7. The Labute approximate surface area is 120 Å². The topological polar surface area (TPSA) is 34.1 Å². The van der Waals surface area contributed by atoms with Crippen molar-refractivity contribution in [3.63, 3.8) is 0 Å². The number of ether oxygens (including phenoxy) is 1. The molecule has 0 amide bonds. The first-order valence-corrected chi connectivity index (χ1v) is 7.94. The predicted molar refractivity (Wildman–Crippen MR) is 80.6 cm³/mol. The molecule has 0 radical (unpaired) electrons. The maximum atomic E-state index is 5.20. The van der Waals surface area contributed by atoms with E-state index in [9.17, 15) is 0 Å². The molecular weight excluding hydrogens is 256 g/mol. The Hall–Kier alpha value is -0.450. The lowest BCUT2D eigenvalue weighted by atomic mass is 9.86. The lowest BCUT2D eigenvalue weighted by Crippen LogP contribution is -2.46. The van der Waals surface area contributed by atoms with Gasteiger partial charge in [-0.2, -0.15) is 0 Å². The van der Waals surface area contributed by atoms with Gasteiger partial charge in [-0.25, -0.2) is 4.98 Å². The van der Waals surface area contributed by atoms with Gasteiger partial charge < -0.3 is 10.1 Å². The van der Waals surface area contributed by atoms with Crippen LogP contribution in [0.25, 0.3) is 0 Å². The van der Waals surface area contributed by atoms with Crippen LogP contribution in [0.1, 0.15) is 44.3 Å². The van der Waals surface area contributed by atoms with Crippen LogP contribution in [0, 0.1) is 18.3 Å².